The Morgan fingerprint density at radius 1 is 1.30 bits per heavy atom. The van der Waals surface area contributed by atoms with E-state index in [0.29, 0.717) is 29.8 Å². The predicted octanol–water partition coefficient (Wildman–Crippen LogP) is 5.75. The molecule has 1 aliphatic rings. The molecule has 1 aromatic rings. The largest absolute Gasteiger partial charge is 0.462 e. The van der Waals surface area contributed by atoms with Crippen molar-refractivity contribution in [2.45, 2.75) is 70.9 Å². The molecule has 0 aromatic heterocycles. The van der Waals surface area contributed by atoms with Crippen LogP contribution in [0.3, 0.4) is 0 Å². The summed E-state index contributed by atoms with van der Waals surface area (Å²) in [5.74, 6) is 0.287. The fourth-order valence-electron chi connectivity index (χ4n) is 3.71. The Morgan fingerprint density at radius 2 is 2.04 bits per heavy atom. The van der Waals surface area contributed by atoms with Crippen LogP contribution in [0, 0.1) is 0 Å². The summed E-state index contributed by atoms with van der Waals surface area (Å²) in [6.45, 7) is 4.43. The highest BCUT2D eigenvalue weighted by atomic mass is 79.9. The topological polar surface area (TPSA) is 55.6 Å². The number of alkyl halides is 1. The minimum absolute atomic E-state index is 0.300. The third-order valence-corrected chi connectivity index (χ3v) is 6.11. The molecule has 152 valence electrons. The number of unbranched alkanes of at least 4 members (excludes halogenated alkanes) is 1. The van der Waals surface area contributed by atoms with E-state index in [1.54, 1.807) is 6.07 Å². The first-order valence-electron chi connectivity index (χ1n) is 10.1. The first kappa shape index (κ1) is 22.5. The lowest BCUT2D eigenvalue weighted by Gasteiger charge is -2.34. The lowest BCUT2D eigenvalue weighted by atomic mass is 9.93. The summed E-state index contributed by atoms with van der Waals surface area (Å²) < 4.78 is 6.13. The smallest absolute Gasteiger partial charge is 0.338 e. The average molecular weight is 460 g/mol. The summed E-state index contributed by atoms with van der Waals surface area (Å²) in [5, 5.41) is 0. The van der Waals surface area contributed by atoms with Crippen molar-refractivity contribution in [1.29, 1.82) is 0 Å². The highest BCUT2D eigenvalue weighted by Gasteiger charge is 2.22. The number of benzene rings is 1. The molecule has 2 N–H and O–H groups in total. The number of hydrogen-bond acceptors (Lipinski definition) is 4. The number of anilines is 1. The van der Waals surface area contributed by atoms with Crippen molar-refractivity contribution in [2.75, 3.05) is 24.8 Å². The number of carbonyl (C=O) groups is 1. The van der Waals surface area contributed by atoms with E-state index in [9.17, 15) is 4.79 Å². The fourth-order valence-corrected chi connectivity index (χ4v) is 4.40. The van der Waals surface area contributed by atoms with Gasteiger partial charge in [-0.1, -0.05) is 26.2 Å². The molecule has 1 fully saturated rings. The maximum absolute atomic E-state index is 12.4. The van der Waals surface area contributed by atoms with Gasteiger partial charge in [0.25, 0.3) is 0 Å². The van der Waals surface area contributed by atoms with Gasteiger partial charge in [-0.05, 0) is 72.3 Å². The molecule has 0 amide bonds. The first-order chi connectivity index (χ1) is 13.1. The Balaban J connectivity index is 2.11. The quantitative estimate of drug-likeness (QED) is 0.209. The van der Waals surface area contributed by atoms with Crippen molar-refractivity contribution in [3.63, 3.8) is 0 Å². The number of rotatable bonds is 10. The van der Waals surface area contributed by atoms with E-state index in [-0.39, 0.29) is 5.97 Å². The van der Waals surface area contributed by atoms with E-state index < -0.39 is 0 Å². The van der Waals surface area contributed by atoms with Crippen molar-refractivity contribution in [3.05, 3.63) is 27.7 Å². The van der Waals surface area contributed by atoms with E-state index in [2.05, 4.69) is 27.8 Å². The van der Waals surface area contributed by atoms with E-state index in [4.69, 9.17) is 22.1 Å². The van der Waals surface area contributed by atoms with Crippen LogP contribution in [-0.4, -0.2) is 35.9 Å². The highest BCUT2D eigenvalue weighted by molar-refractivity contribution is 9.10. The molecule has 4 nitrogen and oxygen atoms in total. The maximum atomic E-state index is 12.4. The van der Waals surface area contributed by atoms with Crippen LogP contribution in [0.15, 0.2) is 16.6 Å². The maximum Gasteiger partial charge on any atom is 0.338 e. The second-order valence-corrected chi connectivity index (χ2v) is 8.56. The summed E-state index contributed by atoms with van der Waals surface area (Å²) in [5.41, 5.74) is 8.59. The fraction of sp³-hybridized carbons (Fsp3) is 0.667. The number of esters is 1. The van der Waals surface area contributed by atoms with E-state index in [1.807, 2.05) is 6.07 Å². The van der Waals surface area contributed by atoms with Crippen LogP contribution in [-0.2, 0) is 11.3 Å². The lowest BCUT2D eigenvalue weighted by molar-refractivity contribution is 0.0499. The average Bonchev–Trinajstić information content (AvgIpc) is 2.68. The molecule has 0 aliphatic heterocycles. The number of nitrogens with zero attached hydrogens (tertiary/aromatic N) is 1. The third kappa shape index (κ3) is 6.95. The summed E-state index contributed by atoms with van der Waals surface area (Å²) in [7, 11) is 0. The van der Waals surface area contributed by atoms with E-state index in [0.717, 1.165) is 42.4 Å². The SMILES string of the molecule is CCCN(Cc1cc(C(=O)OCCCCCl)cc(Br)c1N)C1CCCCC1. The van der Waals surface area contributed by atoms with Crippen LogP contribution < -0.4 is 5.73 Å². The Kier molecular flexibility index (Phi) is 9.94. The molecule has 0 heterocycles. The summed E-state index contributed by atoms with van der Waals surface area (Å²) in [6.07, 6.45) is 9.20. The van der Waals surface area contributed by atoms with Crippen molar-refractivity contribution in [1.82, 2.24) is 4.90 Å². The second-order valence-electron chi connectivity index (χ2n) is 7.33. The molecule has 27 heavy (non-hydrogen) atoms. The lowest BCUT2D eigenvalue weighted by Crippen LogP contribution is -2.37. The molecule has 1 aliphatic carbocycles. The number of carbonyl (C=O) groups excluding carboxylic acids is 1. The zero-order chi connectivity index (χ0) is 19.6. The van der Waals surface area contributed by atoms with Gasteiger partial charge in [0.2, 0.25) is 0 Å². The Morgan fingerprint density at radius 3 is 2.70 bits per heavy atom. The zero-order valence-corrected chi connectivity index (χ0v) is 18.7. The van der Waals surface area contributed by atoms with Gasteiger partial charge >= 0.3 is 5.97 Å². The Hall–Kier alpha value is -0.780. The molecule has 0 saturated heterocycles. The van der Waals surface area contributed by atoms with Gasteiger partial charge in [0.15, 0.2) is 0 Å². The number of nitrogen functional groups attached to an aromatic ring is 1. The van der Waals surface area contributed by atoms with Gasteiger partial charge in [-0.3, -0.25) is 4.90 Å². The van der Waals surface area contributed by atoms with Crippen molar-refractivity contribution >= 4 is 39.2 Å². The van der Waals surface area contributed by atoms with Gasteiger partial charge < -0.3 is 10.5 Å². The van der Waals surface area contributed by atoms with Crippen LogP contribution >= 0.6 is 27.5 Å². The monoisotopic (exact) mass is 458 g/mol. The molecule has 0 bridgehead atoms. The van der Waals surface area contributed by atoms with Crippen molar-refractivity contribution in [3.8, 4) is 0 Å². The molecule has 1 aromatic carbocycles. The number of nitrogens with two attached hydrogens (primary N) is 1. The van der Waals surface area contributed by atoms with E-state index >= 15 is 0 Å². The van der Waals surface area contributed by atoms with Crippen LogP contribution in [0.25, 0.3) is 0 Å². The minimum atomic E-state index is -0.300. The summed E-state index contributed by atoms with van der Waals surface area (Å²) in [6, 6.07) is 4.27. The molecular weight excluding hydrogens is 428 g/mol. The second kappa shape index (κ2) is 11.9. The van der Waals surface area contributed by atoms with Crippen LogP contribution in [0.5, 0.6) is 0 Å². The summed E-state index contributed by atoms with van der Waals surface area (Å²) in [4.78, 5) is 14.9. The molecule has 0 unspecified atom stereocenters. The number of halogens is 2. The first-order valence-corrected chi connectivity index (χ1v) is 11.4. The number of ether oxygens (including phenoxy) is 1. The highest BCUT2D eigenvalue weighted by Crippen LogP contribution is 2.30. The molecular formula is C21H32BrClN2O2. The van der Waals surface area contributed by atoms with Crippen LogP contribution in [0.2, 0.25) is 0 Å². The van der Waals surface area contributed by atoms with Gasteiger partial charge in [-0.2, -0.15) is 0 Å². The molecule has 6 heteroatoms. The molecule has 0 atom stereocenters. The zero-order valence-electron chi connectivity index (χ0n) is 16.3. The Labute approximate surface area is 176 Å². The van der Waals surface area contributed by atoms with Crippen LogP contribution in [0.4, 0.5) is 5.69 Å². The Bertz CT molecular complexity index is 606. The van der Waals surface area contributed by atoms with Gasteiger partial charge in [0.05, 0.1) is 17.9 Å². The van der Waals surface area contributed by atoms with Crippen molar-refractivity contribution in [2.24, 2.45) is 0 Å². The summed E-state index contributed by atoms with van der Waals surface area (Å²) >= 11 is 9.18. The third-order valence-electron chi connectivity index (χ3n) is 5.19. The van der Waals surface area contributed by atoms with E-state index in [1.165, 1.54) is 32.1 Å². The van der Waals surface area contributed by atoms with Gasteiger partial charge in [0, 0.05) is 22.9 Å². The number of hydrogen-bond donors (Lipinski definition) is 1. The standard InChI is InChI=1S/C21H32BrClN2O2/c1-2-11-25(18-8-4-3-5-9-18)15-17-13-16(14-19(22)20(17)24)21(26)27-12-7-6-10-23/h13-14,18H,2-12,15,24H2,1H3. The van der Waals surface area contributed by atoms with Crippen LogP contribution in [0.1, 0.15) is 74.2 Å². The molecule has 1 saturated carbocycles. The minimum Gasteiger partial charge on any atom is -0.462 e. The predicted molar refractivity (Wildman–Crippen MR) is 116 cm³/mol. The normalized spacial score (nSPS) is 15.3. The van der Waals surface area contributed by atoms with Gasteiger partial charge in [-0.25, -0.2) is 4.79 Å². The van der Waals surface area contributed by atoms with Gasteiger partial charge in [-0.15, -0.1) is 11.6 Å². The van der Waals surface area contributed by atoms with Gasteiger partial charge in [0.1, 0.15) is 0 Å². The van der Waals surface area contributed by atoms with Crippen molar-refractivity contribution < 1.29 is 9.53 Å². The molecule has 2 rings (SSSR count). The molecule has 0 radical (unpaired) electrons. The molecule has 0 spiro atoms.